The quantitative estimate of drug-likeness (QED) is 0.816. The molecule has 1 fully saturated rings. The molecule has 0 N–H and O–H groups in total. The standard InChI is InChI=1S/C15H17FN2O2S/c16-12-5-7-15(8-6-12)21(19,20)11-13-9-10-18(17-13)14-3-1-2-4-14/h5-10,14H,1-4,11H2. The average molecular weight is 308 g/mol. The molecule has 0 atom stereocenters. The van der Waals surface area contributed by atoms with E-state index in [0.717, 1.165) is 25.0 Å². The molecular formula is C15H17FN2O2S. The first-order valence-corrected chi connectivity index (χ1v) is 8.72. The summed E-state index contributed by atoms with van der Waals surface area (Å²) in [6, 6.07) is 7.04. The molecule has 0 radical (unpaired) electrons. The molecule has 1 heterocycles. The van der Waals surface area contributed by atoms with Gasteiger partial charge in [0.2, 0.25) is 0 Å². The van der Waals surface area contributed by atoms with Crippen molar-refractivity contribution in [1.82, 2.24) is 9.78 Å². The zero-order chi connectivity index (χ0) is 14.9. The normalized spacial score (nSPS) is 16.4. The molecule has 1 aliphatic carbocycles. The first-order valence-electron chi connectivity index (χ1n) is 7.07. The van der Waals surface area contributed by atoms with Crippen molar-refractivity contribution in [3.8, 4) is 0 Å². The minimum absolute atomic E-state index is 0.124. The van der Waals surface area contributed by atoms with Gasteiger partial charge in [-0.25, -0.2) is 12.8 Å². The molecule has 4 nitrogen and oxygen atoms in total. The van der Waals surface area contributed by atoms with Gasteiger partial charge < -0.3 is 0 Å². The summed E-state index contributed by atoms with van der Waals surface area (Å²) in [5.74, 6) is -0.599. The molecule has 21 heavy (non-hydrogen) atoms. The number of benzene rings is 1. The maximum atomic E-state index is 12.9. The van der Waals surface area contributed by atoms with Crippen LogP contribution in [0.4, 0.5) is 4.39 Å². The van der Waals surface area contributed by atoms with E-state index in [2.05, 4.69) is 5.10 Å². The predicted molar refractivity (Wildman–Crippen MR) is 77.0 cm³/mol. The van der Waals surface area contributed by atoms with Crippen molar-refractivity contribution in [2.24, 2.45) is 0 Å². The molecule has 0 saturated heterocycles. The van der Waals surface area contributed by atoms with Gasteiger partial charge in [0, 0.05) is 6.20 Å². The van der Waals surface area contributed by atoms with Crippen LogP contribution in [0.25, 0.3) is 0 Å². The Hall–Kier alpha value is -1.69. The van der Waals surface area contributed by atoms with Crippen LogP contribution in [-0.4, -0.2) is 18.2 Å². The van der Waals surface area contributed by atoms with Gasteiger partial charge >= 0.3 is 0 Å². The number of aromatic nitrogens is 2. The Labute approximate surface area is 123 Å². The van der Waals surface area contributed by atoms with Crippen LogP contribution in [0.1, 0.15) is 37.4 Å². The zero-order valence-corrected chi connectivity index (χ0v) is 12.4. The third-order valence-corrected chi connectivity index (χ3v) is 5.54. The Morgan fingerprint density at radius 3 is 2.48 bits per heavy atom. The molecule has 1 aliphatic rings. The van der Waals surface area contributed by atoms with Crippen LogP contribution in [0.5, 0.6) is 0 Å². The van der Waals surface area contributed by atoms with Crippen molar-refractivity contribution in [1.29, 1.82) is 0 Å². The summed E-state index contributed by atoms with van der Waals surface area (Å²) in [6.45, 7) is 0. The van der Waals surface area contributed by atoms with E-state index in [-0.39, 0.29) is 10.6 Å². The van der Waals surface area contributed by atoms with Crippen molar-refractivity contribution < 1.29 is 12.8 Å². The highest BCUT2D eigenvalue weighted by molar-refractivity contribution is 7.90. The SMILES string of the molecule is O=S(=O)(Cc1ccn(C2CCCC2)n1)c1ccc(F)cc1. The third kappa shape index (κ3) is 3.15. The summed E-state index contributed by atoms with van der Waals surface area (Å²) >= 11 is 0. The Balaban J connectivity index is 1.77. The fourth-order valence-corrected chi connectivity index (χ4v) is 4.01. The number of halogens is 1. The lowest BCUT2D eigenvalue weighted by Crippen LogP contribution is -2.08. The largest absolute Gasteiger partial charge is 0.269 e. The highest BCUT2D eigenvalue weighted by atomic mass is 32.2. The van der Waals surface area contributed by atoms with E-state index in [0.29, 0.717) is 11.7 Å². The molecule has 0 bridgehead atoms. The second kappa shape index (κ2) is 5.60. The van der Waals surface area contributed by atoms with Gasteiger partial charge in [-0.15, -0.1) is 0 Å². The summed E-state index contributed by atoms with van der Waals surface area (Å²) in [6.07, 6.45) is 6.46. The van der Waals surface area contributed by atoms with Crippen LogP contribution in [0, 0.1) is 5.82 Å². The molecule has 2 aromatic rings. The number of hydrogen-bond donors (Lipinski definition) is 0. The Morgan fingerprint density at radius 1 is 1.14 bits per heavy atom. The third-order valence-electron chi connectivity index (χ3n) is 3.87. The highest BCUT2D eigenvalue weighted by Crippen LogP contribution is 2.29. The van der Waals surface area contributed by atoms with E-state index < -0.39 is 15.7 Å². The maximum absolute atomic E-state index is 12.9. The summed E-state index contributed by atoms with van der Waals surface area (Å²) in [4.78, 5) is 0.124. The molecule has 1 saturated carbocycles. The minimum atomic E-state index is -3.48. The van der Waals surface area contributed by atoms with E-state index >= 15 is 0 Å². The molecule has 0 amide bonds. The average Bonchev–Trinajstić information content (AvgIpc) is 3.09. The van der Waals surface area contributed by atoms with Gasteiger partial charge in [-0.05, 0) is 43.2 Å². The lowest BCUT2D eigenvalue weighted by Gasteiger charge is -2.09. The maximum Gasteiger partial charge on any atom is 0.184 e. The second-order valence-corrected chi connectivity index (χ2v) is 7.43. The molecule has 0 aliphatic heterocycles. The zero-order valence-electron chi connectivity index (χ0n) is 11.6. The smallest absolute Gasteiger partial charge is 0.184 e. The molecule has 1 aromatic carbocycles. The molecule has 112 valence electrons. The van der Waals surface area contributed by atoms with Crippen molar-refractivity contribution in [2.45, 2.75) is 42.4 Å². The van der Waals surface area contributed by atoms with Crippen LogP contribution in [0.15, 0.2) is 41.4 Å². The number of hydrogen-bond acceptors (Lipinski definition) is 3. The van der Waals surface area contributed by atoms with E-state index in [9.17, 15) is 12.8 Å². The van der Waals surface area contributed by atoms with Gasteiger partial charge in [0.05, 0.1) is 22.4 Å². The van der Waals surface area contributed by atoms with Crippen LogP contribution in [-0.2, 0) is 15.6 Å². The van der Waals surface area contributed by atoms with E-state index in [1.54, 1.807) is 6.07 Å². The first kappa shape index (κ1) is 14.3. The number of sulfone groups is 1. The van der Waals surface area contributed by atoms with E-state index in [1.807, 2.05) is 10.9 Å². The Bertz CT molecular complexity index is 716. The molecule has 0 spiro atoms. The van der Waals surface area contributed by atoms with Crippen molar-refractivity contribution in [3.05, 3.63) is 48.0 Å². The Morgan fingerprint density at radius 2 is 1.81 bits per heavy atom. The summed E-state index contributed by atoms with van der Waals surface area (Å²) < 4.78 is 39.3. The summed E-state index contributed by atoms with van der Waals surface area (Å²) in [5.41, 5.74) is 0.534. The van der Waals surface area contributed by atoms with Crippen molar-refractivity contribution >= 4 is 9.84 Å². The molecule has 3 rings (SSSR count). The van der Waals surface area contributed by atoms with Gasteiger partial charge in [0.15, 0.2) is 9.84 Å². The second-order valence-electron chi connectivity index (χ2n) is 5.44. The van der Waals surface area contributed by atoms with E-state index in [1.165, 1.54) is 25.0 Å². The van der Waals surface area contributed by atoms with Crippen LogP contribution in [0.2, 0.25) is 0 Å². The molecule has 1 aromatic heterocycles. The monoisotopic (exact) mass is 308 g/mol. The van der Waals surface area contributed by atoms with E-state index in [4.69, 9.17) is 0 Å². The molecule has 6 heteroatoms. The molecule has 0 unspecified atom stereocenters. The van der Waals surface area contributed by atoms with Gasteiger partial charge in [-0.2, -0.15) is 5.10 Å². The van der Waals surface area contributed by atoms with Gasteiger partial charge in [-0.3, -0.25) is 4.68 Å². The fraction of sp³-hybridized carbons (Fsp3) is 0.400. The lowest BCUT2D eigenvalue weighted by molar-refractivity contribution is 0.464. The summed E-state index contributed by atoms with van der Waals surface area (Å²) in [5, 5.41) is 4.38. The molecular weight excluding hydrogens is 291 g/mol. The lowest BCUT2D eigenvalue weighted by atomic mass is 10.3. The first-order chi connectivity index (χ1) is 10.0. The Kier molecular flexibility index (Phi) is 3.80. The number of rotatable bonds is 4. The topological polar surface area (TPSA) is 52.0 Å². The number of nitrogens with zero attached hydrogens (tertiary/aromatic N) is 2. The van der Waals surface area contributed by atoms with Crippen LogP contribution in [0.3, 0.4) is 0 Å². The minimum Gasteiger partial charge on any atom is -0.269 e. The van der Waals surface area contributed by atoms with Gasteiger partial charge in [0.25, 0.3) is 0 Å². The summed E-state index contributed by atoms with van der Waals surface area (Å²) in [7, 11) is -3.48. The van der Waals surface area contributed by atoms with Crippen molar-refractivity contribution in [3.63, 3.8) is 0 Å². The van der Waals surface area contributed by atoms with Crippen LogP contribution >= 0.6 is 0 Å². The van der Waals surface area contributed by atoms with Gasteiger partial charge in [0.1, 0.15) is 5.82 Å². The highest BCUT2D eigenvalue weighted by Gasteiger charge is 2.20. The van der Waals surface area contributed by atoms with Gasteiger partial charge in [-0.1, -0.05) is 12.8 Å². The fourth-order valence-electron chi connectivity index (χ4n) is 2.75. The van der Waals surface area contributed by atoms with Crippen molar-refractivity contribution in [2.75, 3.05) is 0 Å². The van der Waals surface area contributed by atoms with Crippen LogP contribution < -0.4 is 0 Å². The predicted octanol–water partition coefficient (Wildman–Crippen LogP) is 3.11.